The normalized spacial score (nSPS) is 22.8. The Hall–Kier alpha value is -2.37. The molecule has 1 saturated carbocycles. The van der Waals surface area contributed by atoms with E-state index in [-0.39, 0.29) is 17.1 Å². The second-order valence-corrected chi connectivity index (χ2v) is 6.64. The third-order valence-electron chi connectivity index (χ3n) is 4.51. The van der Waals surface area contributed by atoms with Gasteiger partial charge in [-0.15, -0.1) is 0 Å². The number of ketones is 1. The summed E-state index contributed by atoms with van der Waals surface area (Å²) in [6.45, 7) is 6.16. The smallest absolute Gasteiger partial charge is 0.182 e. The number of hydrogen-bond donors (Lipinski definition) is 0. The molecule has 21 heavy (non-hydrogen) atoms. The summed E-state index contributed by atoms with van der Waals surface area (Å²) in [5.41, 5.74) is -1.92. The quantitative estimate of drug-likeness (QED) is 0.772. The second-order valence-electron chi connectivity index (χ2n) is 6.64. The van der Waals surface area contributed by atoms with Crippen molar-refractivity contribution in [1.82, 2.24) is 0 Å². The lowest BCUT2D eigenvalue weighted by molar-refractivity contribution is -0.129. The molecule has 0 aliphatic heterocycles. The zero-order valence-electron chi connectivity index (χ0n) is 12.6. The molecule has 2 unspecified atom stereocenters. The molecule has 0 aromatic rings. The molecule has 0 radical (unpaired) electrons. The number of carbonyl (C=O) groups is 1. The van der Waals surface area contributed by atoms with E-state index in [0.717, 1.165) is 6.42 Å². The van der Waals surface area contributed by atoms with E-state index in [1.165, 1.54) is 0 Å². The minimum atomic E-state index is -1.87. The SMILES string of the molecule is CC(C)(C)C1CCC(=O)C(C(C#N)(C#N)C(C#N)C#N)C1. The highest BCUT2D eigenvalue weighted by Gasteiger charge is 2.53. The topological polar surface area (TPSA) is 112 Å². The molecule has 1 rings (SSSR count). The lowest BCUT2D eigenvalue weighted by Gasteiger charge is -2.40. The predicted molar refractivity (Wildman–Crippen MR) is 73.7 cm³/mol. The fourth-order valence-electron chi connectivity index (χ4n) is 2.99. The predicted octanol–water partition coefficient (Wildman–Crippen LogP) is 2.71. The lowest BCUT2D eigenvalue weighted by Crippen LogP contribution is -2.44. The zero-order chi connectivity index (χ0) is 16.3. The highest BCUT2D eigenvalue weighted by molar-refractivity contribution is 5.84. The van der Waals surface area contributed by atoms with Gasteiger partial charge in [-0.05, 0) is 24.2 Å². The van der Waals surface area contributed by atoms with Crippen LogP contribution in [-0.2, 0) is 4.79 Å². The Balaban J connectivity index is 3.29. The summed E-state index contributed by atoms with van der Waals surface area (Å²) in [6, 6.07) is 7.04. The van der Waals surface area contributed by atoms with Gasteiger partial charge in [-0.3, -0.25) is 4.79 Å². The molecule has 5 nitrogen and oxygen atoms in total. The van der Waals surface area contributed by atoms with Crippen LogP contribution in [0.3, 0.4) is 0 Å². The number of nitriles is 4. The minimum Gasteiger partial charge on any atom is -0.299 e. The van der Waals surface area contributed by atoms with Crippen molar-refractivity contribution in [3.8, 4) is 24.3 Å². The van der Waals surface area contributed by atoms with Crippen LogP contribution in [-0.4, -0.2) is 5.78 Å². The molecule has 0 heterocycles. The summed E-state index contributed by atoms with van der Waals surface area (Å²) in [4.78, 5) is 12.2. The summed E-state index contributed by atoms with van der Waals surface area (Å²) in [5.74, 6) is -2.29. The van der Waals surface area contributed by atoms with Gasteiger partial charge in [0, 0.05) is 6.42 Å². The fraction of sp³-hybridized carbons (Fsp3) is 0.688. The highest BCUT2D eigenvalue weighted by atomic mass is 16.1. The van der Waals surface area contributed by atoms with Gasteiger partial charge in [-0.25, -0.2) is 0 Å². The van der Waals surface area contributed by atoms with Gasteiger partial charge in [-0.1, -0.05) is 20.8 Å². The van der Waals surface area contributed by atoms with E-state index >= 15 is 0 Å². The molecule has 0 amide bonds. The summed E-state index contributed by atoms with van der Waals surface area (Å²) in [7, 11) is 0. The first kappa shape index (κ1) is 16.7. The maximum atomic E-state index is 12.2. The van der Waals surface area contributed by atoms with E-state index in [1.54, 1.807) is 12.1 Å². The number of nitrogens with zero attached hydrogens (tertiary/aromatic N) is 4. The number of carbonyl (C=O) groups excluding carboxylic acids is 1. The standard InChI is InChI=1S/C16H18N4O/c1-15(2,3)11-4-5-14(21)13(6-11)16(9-19,10-20)12(7-17)8-18/h11-13H,4-6H2,1-3H3. The summed E-state index contributed by atoms with van der Waals surface area (Å²) < 4.78 is 0. The van der Waals surface area contributed by atoms with Crippen LogP contribution >= 0.6 is 0 Å². The van der Waals surface area contributed by atoms with E-state index in [4.69, 9.17) is 10.5 Å². The molecule has 5 heteroatoms. The first-order valence-corrected chi connectivity index (χ1v) is 6.91. The summed E-state index contributed by atoms with van der Waals surface area (Å²) >= 11 is 0. The zero-order valence-corrected chi connectivity index (χ0v) is 12.6. The van der Waals surface area contributed by atoms with Crippen LogP contribution < -0.4 is 0 Å². The number of hydrogen-bond acceptors (Lipinski definition) is 5. The van der Waals surface area contributed by atoms with Gasteiger partial charge in [0.2, 0.25) is 0 Å². The Labute approximate surface area is 125 Å². The van der Waals surface area contributed by atoms with Crippen LogP contribution in [0.1, 0.15) is 40.0 Å². The van der Waals surface area contributed by atoms with Crippen LogP contribution in [0.5, 0.6) is 0 Å². The van der Waals surface area contributed by atoms with Crippen LogP contribution in [0.25, 0.3) is 0 Å². The van der Waals surface area contributed by atoms with Gasteiger partial charge in [0.05, 0.1) is 30.2 Å². The van der Waals surface area contributed by atoms with Gasteiger partial charge in [-0.2, -0.15) is 21.0 Å². The Morgan fingerprint density at radius 1 is 1.10 bits per heavy atom. The molecule has 0 N–H and O–H groups in total. The van der Waals surface area contributed by atoms with Crippen molar-refractivity contribution in [3.05, 3.63) is 0 Å². The molecule has 2 atom stereocenters. The molecule has 1 fully saturated rings. The molecule has 0 spiro atoms. The van der Waals surface area contributed by atoms with Crippen molar-refractivity contribution in [2.75, 3.05) is 0 Å². The molecule has 1 aliphatic carbocycles. The van der Waals surface area contributed by atoms with Gasteiger partial charge in [0.25, 0.3) is 0 Å². The molecule has 0 aromatic carbocycles. The molecule has 0 bridgehead atoms. The molecule has 108 valence electrons. The highest BCUT2D eigenvalue weighted by Crippen LogP contribution is 2.47. The van der Waals surface area contributed by atoms with Gasteiger partial charge in [0.15, 0.2) is 11.3 Å². The van der Waals surface area contributed by atoms with Crippen molar-refractivity contribution >= 4 is 5.78 Å². The summed E-state index contributed by atoms with van der Waals surface area (Å²) in [6.07, 6.45) is 1.39. The Morgan fingerprint density at radius 2 is 1.62 bits per heavy atom. The average molecular weight is 282 g/mol. The van der Waals surface area contributed by atoms with Crippen molar-refractivity contribution < 1.29 is 4.79 Å². The van der Waals surface area contributed by atoms with Crippen molar-refractivity contribution in [3.63, 3.8) is 0 Å². The molecule has 0 aromatic heterocycles. The van der Waals surface area contributed by atoms with E-state index in [0.29, 0.717) is 12.8 Å². The molecular weight excluding hydrogens is 264 g/mol. The van der Waals surface area contributed by atoms with Gasteiger partial charge >= 0.3 is 0 Å². The Bertz CT molecular complexity index is 560. The van der Waals surface area contributed by atoms with E-state index in [9.17, 15) is 15.3 Å². The second kappa shape index (κ2) is 5.95. The van der Waals surface area contributed by atoms with Crippen molar-refractivity contribution in [2.24, 2.45) is 28.6 Å². The monoisotopic (exact) mass is 282 g/mol. The maximum absolute atomic E-state index is 12.2. The third-order valence-corrected chi connectivity index (χ3v) is 4.51. The Kier molecular flexibility index (Phi) is 4.73. The van der Waals surface area contributed by atoms with Crippen LogP contribution in [0.2, 0.25) is 0 Å². The number of rotatable bonds is 2. The lowest BCUT2D eigenvalue weighted by atomic mass is 9.59. The van der Waals surface area contributed by atoms with E-state index < -0.39 is 17.3 Å². The minimum absolute atomic E-state index is 0.0512. The van der Waals surface area contributed by atoms with Crippen molar-refractivity contribution in [2.45, 2.75) is 40.0 Å². The largest absolute Gasteiger partial charge is 0.299 e. The Morgan fingerprint density at radius 3 is 2.00 bits per heavy atom. The molecular formula is C16H18N4O. The van der Waals surface area contributed by atoms with Crippen LogP contribution in [0, 0.1) is 73.9 Å². The first-order chi connectivity index (χ1) is 9.76. The first-order valence-electron chi connectivity index (χ1n) is 6.91. The van der Waals surface area contributed by atoms with Crippen molar-refractivity contribution in [1.29, 1.82) is 21.0 Å². The van der Waals surface area contributed by atoms with Crippen LogP contribution in [0.15, 0.2) is 0 Å². The molecule has 1 aliphatic rings. The fourth-order valence-corrected chi connectivity index (χ4v) is 2.99. The average Bonchev–Trinajstić information content (AvgIpc) is 2.44. The van der Waals surface area contributed by atoms with E-state index in [2.05, 4.69) is 20.8 Å². The third kappa shape index (κ3) is 2.89. The maximum Gasteiger partial charge on any atom is 0.182 e. The van der Waals surface area contributed by atoms with Gasteiger partial charge < -0.3 is 0 Å². The van der Waals surface area contributed by atoms with Crippen LogP contribution in [0.4, 0.5) is 0 Å². The number of Topliss-reactive ketones (excluding diaryl/α,β-unsaturated/α-hetero) is 1. The van der Waals surface area contributed by atoms with E-state index in [1.807, 2.05) is 12.1 Å². The summed E-state index contributed by atoms with van der Waals surface area (Å²) in [5, 5.41) is 37.0. The van der Waals surface area contributed by atoms with Gasteiger partial charge in [0.1, 0.15) is 5.78 Å². The molecule has 0 saturated heterocycles.